The molecule has 0 aliphatic rings. The number of fused-ring (bicyclic) bond motifs is 1. The van der Waals surface area contributed by atoms with Crippen LogP contribution in [0.2, 0.25) is 0 Å². The Morgan fingerprint density at radius 1 is 0.946 bits per heavy atom. The maximum Gasteiger partial charge on any atom is 0.264 e. The highest BCUT2D eigenvalue weighted by atomic mass is 32.2. The maximum atomic E-state index is 13.6. The Hall–Kier alpha value is -3.84. The van der Waals surface area contributed by atoms with Gasteiger partial charge in [0.05, 0.1) is 17.7 Å². The van der Waals surface area contributed by atoms with E-state index in [9.17, 15) is 13.2 Å². The number of rotatable bonds is 10. The first-order chi connectivity index (χ1) is 17.8. The normalized spacial score (nSPS) is 12.2. The molecular weight excluding hydrogens is 484 g/mol. The van der Waals surface area contributed by atoms with Gasteiger partial charge < -0.3 is 10.1 Å². The Kier molecular flexibility index (Phi) is 8.14. The average molecular weight is 517 g/mol. The molecule has 1 unspecified atom stereocenters. The Labute approximate surface area is 218 Å². The van der Waals surface area contributed by atoms with Gasteiger partial charge in [-0.15, -0.1) is 0 Å². The molecule has 0 radical (unpaired) electrons. The molecule has 0 saturated carbocycles. The van der Waals surface area contributed by atoms with Crippen molar-refractivity contribution in [1.82, 2.24) is 5.32 Å². The van der Waals surface area contributed by atoms with Gasteiger partial charge in [0.2, 0.25) is 5.91 Å². The monoisotopic (exact) mass is 516 g/mol. The lowest BCUT2D eigenvalue weighted by atomic mass is 9.96. The van der Waals surface area contributed by atoms with Crippen LogP contribution in [0.3, 0.4) is 0 Å². The van der Waals surface area contributed by atoms with E-state index >= 15 is 0 Å². The van der Waals surface area contributed by atoms with Crippen molar-refractivity contribution in [2.24, 2.45) is 5.92 Å². The van der Waals surface area contributed by atoms with E-state index in [-0.39, 0.29) is 23.3 Å². The quantitative estimate of drug-likeness (QED) is 0.308. The van der Waals surface area contributed by atoms with Gasteiger partial charge in [-0.25, -0.2) is 8.42 Å². The summed E-state index contributed by atoms with van der Waals surface area (Å²) in [6, 6.07) is 27.9. The lowest BCUT2D eigenvalue weighted by Crippen LogP contribution is -2.42. The zero-order valence-corrected chi connectivity index (χ0v) is 22.2. The van der Waals surface area contributed by atoms with Crippen LogP contribution in [-0.4, -0.2) is 34.5 Å². The first-order valence-electron chi connectivity index (χ1n) is 12.3. The van der Waals surface area contributed by atoms with E-state index in [1.54, 1.807) is 56.5 Å². The molecule has 1 atom stereocenters. The lowest BCUT2D eigenvalue weighted by molar-refractivity contribution is -0.119. The summed E-state index contributed by atoms with van der Waals surface area (Å²) < 4.78 is 33.7. The molecule has 37 heavy (non-hydrogen) atoms. The van der Waals surface area contributed by atoms with Gasteiger partial charge in [-0.3, -0.25) is 9.10 Å². The van der Waals surface area contributed by atoms with Crippen LogP contribution in [0.1, 0.15) is 18.1 Å². The zero-order chi connectivity index (χ0) is 26.4. The smallest absolute Gasteiger partial charge is 0.264 e. The summed E-state index contributed by atoms with van der Waals surface area (Å²) in [5.74, 6) is 0.409. The first-order valence-corrected chi connectivity index (χ1v) is 13.7. The molecule has 4 rings (SSSR count). The number of sulfonamides is 1. The van der Waals surface area contributed by atoms with Crippen molar-refractivity contribution < 1.29 is 17.9 Å². The number of methoxy groups -OCH3 is 1. The number of carbonyl (C=O) groups excluding carboxylic acids is 1. The number of amides is 1. The minimum atomic E-state index is -3.99. The third kappa shape index (κ3) is 6.12. The van der Waals surface area contributed by atoms with Gasteiger partial charge in [-0.2, -0.15) is 0 Å². The van der Waals surface area contributed by atoms with Crippen LogP contribution in [0.5, 0.6) is 5.75 Å². The van der Waals surface area contributed by atoms with Gasteiger partial charge in [0.1, 0.15) is 12.3 Å². The van der Waals surface area contributed by atoms with Crippen LogP contribution < -0.4 is 14.4 Å². The summed E-state index contributed by atoms with van der Waals surface area (Å²) in [6.45, 7) is 3.98. The van der Waals surface area contributed by atoms with Crippen molar-refractivity contribution in [3.8, 4) is 5.75 Å². The number of ether oxygens (including phenoxy) is 1. The van der Waals surface area contributed by atoms with Crippen LogP contribution in [0, 0.1) is 12.8 Å². The average Bonchev–Trinajstić information content (AvgIpc) is 2.91. The number of hydrogen-bond donors (Lipinski definition) is 1. The number of nitrogens with zero attached hydrogens (tertiary/aromatic N) is 1. The lowest BCUT2D eigenvalue weighted by Gasteiger charge is -2.25. The van der Waals surface area contributed by atoms with E-state index in [1.807, 2.05) is 18.2 Å². The molecule has 0 heterocycles. The molecule has 1 amide bonds. The van der Waals surface area contributed by atoms with E-state index < -0.39 is 10.0 Å². The number of aryl methyl sites for hydroxylation is 1. The second kappa shape index (κ2) is 11.5. The van der Waals surface area contributed by atoms with Crippen molar-refractivity contribution in [2.45, 2.75) is 25.2 Å². The van der Waals surface area contributed by atoms with Crippen LogP contribution in [0.4, 0.5) is 5.69 Å². The highest BCUT2D eigenvalue weighted by molar-refractivity contribution is 7.92. The second-order valence-corrected chi connectivity index (χ2v) is 11.1. The molecule has 0 aromatic heterocycles. The van der Waals surface area contributed by atoms with E-state index in [1.165, 1.54) is 22.4 Å². The first kappa shape index (κ1) is 26.2. The summed E-state index contributed by atoms with van der Waals surface area (Å²) in [4.78, 5) is 13.1. The summed E-state index contributed by atoms with van der Waals surface area (Å²) in [5, 5.41) is 5.34. The minimum absolute atomic E-state index is 0.103. The summed E-state index contributed by atoms with van der Waals surface area (Å²) >= 11 is 0. The van der Waals surface area contributed by atoms with Crippen LogP contribution in [-0.2, 0) is 21.2 Å². The van der Waals surface area contributed by atoms with Gasteiger partial charge in [0.15, 0.2) is 0 Å². The minimum Gasteiger partial charge on any atom is -0.496 e. The molecule has 4 aromatic carbocycles. The number of para-hydroxylation sites is 1. The van der Waals surface area contributed by atoms with Crippen LogP contribution in [0.15, 0.2) is 95.9 Å². The molecule has 0 spiro atoms. The molecular formula is C30H32N2O4S. The van der Waals surface area contributed by atoms with Crippen molar-refractivity contribution in [1.29, 1.82) is 0 Å². The largest absolute Gasteiger partial charge is 0.496 e. The number of nitrogens with one attached hydrogen (secondary N) is 1. The standard InChI is InChI=1S/C30H32N2O4S/c1-22(18-25-12-9-11-24-10-7-8-15-28(24)25)20-31-30(33)21-32(26-13-5-4-6-14-26)37(34,35)27-16-17-29(36-3)23(2)19-27/h4-17,19,22H,18,20-21H2,1-3H3,(H,31,33). The SMILES string of the molecule is COc1ccc(S(=O)(=O)N(CC(=O)NCC(C)Cc2cccc3ccccc23)c2ccccc2)cc1C. The van der Waals surface area contributed by atoms with Crippen LogP contribution in [0.25, 0.3) is 10.8 Å². The molecule has 0 aliphatic heterocycles. The highest BCUT2D eigenvalue weighted by Gasteiger charge is 2.27. The zero-order valence-electron chi connectivity index (χ0n) is 21.3. The van der Waals surface area contributed by atoms with Gasteiger partial charge in [0.25, 0.3) is 10.0 Å². The third-order valence-electron chi connectivity index (χ3n) is 6.38. The summed E-state index contributed by atoms with van der Waals surface area (Å²) in [5.41, 5.74) is 2.35. The fraction of sp³-hybridized carbons (Fsp3) is 0.233. The molecule has 0 aliphatic carbocycles. The molecule has 4 aromatic rings. The number of carbonyl (C=O) groups is 1. The number of benzene rings is 4. The fourth-order valence-corrected chi connectivity index (χ4v) is 5.95. The Morgan fingerprint density at radius 3 is 2.38 bits per heavy atom. The van der Waals surface area contributed by atoms with E-state index in [2.05, 4.69) is 36.5 Å². The molecule has 0 fully saturated rings. The maximum absolute atomic E-state index is 13.6. The van der Waals surface area contributed by atoms with Crippen molar-refractivity contribution in [3.05, 3.63) is 102 Å². The van der Waals surface area contributed by atoms with E-state index in [0.717, 1.165) is 10.7 Å². The van der Waals surface area contributed by atoms with Crippen molar-refractivity contribution >= 4 is 32.4 Å². The molecule has 6 nitrogen and oxygen atoms in total. The van der Waals surface area contributed by atoms with Crippen molar-refractivity contribution in [2.75, 3.05) is 24.5 Å². The van der Waals surface area contributed by atoms with Gasteiger partial charge in [-0.1, -0.05) is 67.6 Å². The fourth-order valence-electron chi connectivity index (χ4n) is 4.44. The highest BCUT2D eigenvalue weighted by Crippen LogP contribution is 2.27. The van der Waals surface area contributed by atoms with Gasteiger partial charge >= 0.3 is 0 Å². The molecule has 7 heteroatoms. The van der Waals surface area contributed by atoms with Crippen molar-refractivity contribution in [3.63, 3.8) is 0 Å². The predicted molar refractivity (Wildman–Crippen MR) is 149 cm³/mol. The second-order valence-electron chi connectivity index (χ2n) is 9.23. The van der Waals surface area contributed by atoms with E-state index in [4.69, 9.17) is 4.74 Å². The van der Waals surface area contributed by atoms with Gasteiger partial charge in [0, 0.05) is 6.54 Å². The Morgan fingerprint density at radius 2 is 1.65 bits per heavy atom. The summed E-state index contributed by atoms with van der Waals surface area (Å²) in [7, 11) is -2.45. The predicted octanol–water partition coefficient (Wildman–Crippen LogP) is 5.35. The van der Waals surface area contributed by atoms with E-state index in [0.29, 0.717) is 23.5 Å². The topological polar surface area (TPSA) is 75.7 Å². The molecule has 1 N–H and O–H groups in total. The third-order valence-corrected chi connectivity index (χ3v) is 8.15. The Bertz CT molecular complexity index is 1480. The molecule has 0 saturated heterocycles. The van der Waals surface area contributed by atoms with Gasteiger partial charge in [-0.05, 0) is 71.5 Å². The number of anilines is 1. The van der Waals surface area contributed by atoms with Crippen LogP contribution >= 0.6 is 0 Å². The molecule has 0 bridgehead atoms. The number of hydrogen-bond acceptors (Lipinski definition) is 4. The molecule has 192 valence electrons. The summed E-state index contributed by atoms with van der Waals surface area (Å²) in [6.07, 6.45) is 0.799. The Balaban J connectivity index is 1.48.